The molecule has 0 aromatic heterocycles. The Labute approximate surface area is 133 Å². The molecule has 1 aliphatic rings. The molecule has 22 heavy (non-hydrogen) atoms. The van der Waals surface area contributed by atoms with Crippen LogP contribution >= 0.6 is 0 Å². The van der Waals surface area contributed by atoms with Crippen molar-refractivity contribution in [3.8, 4) is 0 Å². The fourth-order valence-corrected chi connectivity index (χ4v) is 2.91. The third kappa shape index (κ3) is 5.25. The Hall–Kier alpha value is -1.13. The second kappa shape index (κ2) is 9.11. The average Bonchev–Trinajstić information content (AvgIpc) is 2.51. The number of hydrogen-bond donors (Lipinski definition) is 2. The molecule has 3 unspecified atom stereocenters. The lowest BCUT2D eigenvalue weighted by atomic mass is 9.83. The van der Waals surface area contributed by atoms with Crippen molar-refractivity contribution in [2.24, 2.45) is 17.8 Å². The number of aliphatic hydroxyl groups excluding tert-OH is 2. The van der Waals surface area contributed by atoms with E-state index in [-0.39, 0.29) is 29.8 Å². The molecule has 0 radical (unpaired) electrons. The highest BCUT2D eigenvalue weighted by Crippen LogP contribution is 2.27. The third-order valence-electron chi connectivity index (χ3n) is 4.64. The molecule has 1 rings (SSSR count). The first-order valence-electron chi connectivity index (χ1n) is 8.26. The number of rotatable bonds is 8. The smallest absolute Gasteiger partial charge is 0.330 e. The lowest BCUT2D eigenvalue weighted by Crippen LogP contribution is -2.39. The summed E-state index contributed by atoms with van der Waals surface area (Å²) in [5.41, 5.74) is 0. The molecule has 4 heteroatoms. The highest BCUT2D eigenvalue weighted by molar-refractivity contribution is 5.82. The van der Waals surface area contributed by atoms with E-state index in [9.17, 15) is 15.0 Å². The van der Waals surface area contributed by atoms with Crippen LogP contribution in [0.1, 0.15) is 47.0 Å². The number of allylic oxidation sites excluding steroid dienone is 2. The number of cyclic esters (lactones) is 1. The van der Waals surface area contributed by atoms with Gasteiger partial charge in [-0.15, -0.1) is 0 Å². The van der Waals surface area contributed by atoms with Crippen molar-refractivity contribution in [1.82, 2.24) is 0 Å². The third-order valence-corrected chi connectivity index (χ3v) is 4.64. The predicted molar refractivity (Wildman–Crippen MR) is 87.2 cm³/mol. The van der Waals surface area contributed by atoms with E-state index in [0.29, 0.717) is 6.42 Å². The number of aliphatic hydroxyl groups is 2. The van der Waals surface area contributed by atoms with Crippen LogP contribution in [0.2, 0.25) is 0 Å². The van der Waals surface area contributed by atoms with E-state index in [1.807, 2.05) is 45.9 Å². The summed E-state index contributed by atoms with van der Waals surface area (Å²) in [4.78, 5) is 11.4. The summed E-state index contributed by atoms with van der Waals surface area (Å²) in [5, 5.41) is 20.8. The van der Waals surface area contributed by atoms with Crippen LogP contribution < -0.4 is 0 Å². The van der Waals surface area contributed by atoms with Crippen LogP contribution in [-0.2, 0) is 9.53 Å². The first-order valence-corrected chi connectivity index (χ1v) is 8.26. The Morgan fingerprint density at radius 3 is 2.64 bits per heavy atom. The summed E-state index contributed by atoms with van der Waals surface area (Å²) in [6.45, 7) is 7.81. The molecule has 126 valence electrons. The summed E-state index contributed by atoms with van der Waals surface area (Å²) in [5.74, 6) is -0.396. The monoisotopic (exact) mass is 310 g/mol. The second-order valence-electron chi connectivity index (χ2n) is 6.34. The molecule has 0 saturated carbocycles. The highest BCUT2D eigenvalue weighted by atomic mass is 16.5. The zero-order chi connectivity index (χ0) is 16.7. The number of ether oxygens (including phenoxy) is 1. The van der Waals surface area contributed by atoms with Gasteiger partial charge in [0, 0.05) is 24.3 Å². The van der Waals surface area contributed by atoms with Crippen LogP contribution in [0.5, 0.6) is 0 Å². The Morgan fingerprint density at radius 2 is 2.05 bits per heavy atom. The van der Waals surface area contributed by atoms with Crippen molar-refractivity contribution in [2.45, 2.75) is 65.3 Å². The molecular weight excluding hydrogens is 280 g/mol. The molecule has 1 aliphatic heterocycles. The van der Waals surface area contributed by atoms with Gasteiger partial charge in [0.05, 0.1) is 12.2 Å². The molecule has 1 heterocycles. The zero-order valence-electron chi connectivity index (χ0n) is 14.1. The van der Waals surface area contributed by atoms with Gasteiger partial charge in [0.2, 0.25) is 0 Å². The zero-order valence-corrected chi connectivity index (χ0v) is 14.1. The Kier molecular flexibility index (Phi) is 7.83. The van der Waals surface area contributed by atoms with Crippen LogP contribution in [0.25, 0.3) is 0 Å². The van der Waals surface area contributed by atoms with Crippen molar-refractivity contribution < 1.29 is 19.7 Å². The van der Waals surface area contributed by atoms with Gasteiger partial charge in [-0.1, -0.05) is 39.0 Å². The molecule has 0 aromatic carbocycles. The minimum atomic E-state index is -0.693. The molecule has 0 bridgehead atoms. The number of hydrogen-bond acceptors (Lipinski definition) is 4. The fraction of sp³-hybridized carbons (Fsp3) is 0.722. The van der Waals surface area contributed by atoms with E-state index >= 15 is 0 Å². The van der Waals surface area contributed by atoms with Crippen LogP contribution in [0.3, 0.4) is 0 Å². The van der Waals surface area contributed by atoms with E-state index in [1.165, 1.54) is 6.08 Å². The van der Waals surface area contributed by atoms with E-state index in [1.54, 1.807) is 0 Å². The SMILES string of the molecule is C/C=C/C[C@H](C)C(O)[C@@H](C)C(O)CC1OC(=O)C=C[C@H]1CC. The van der Waals surface area contributed by atoms with Crippen molar-refractivity contribution in [3.05, 3.63) is 24.3 Å². The fourth-order valence-electron chi connectivity index (χ4n) is 2.91. The van der Waals surface area contributed by atoms with Crippen LogP contribution in [0.4, 0.5) is 0 Å². The minimum Gasteiger partial charge on any atom is -0.458 e. The van der Waals surface area contributed by atoms with Gasteiger partial charge < -0.3 is 14.9 Å². The molecule has 2 N–H and O–H groups in total. The molecule has 0 fully saturated rings. The molecule has 0 spiro atoms. The number of carbonyl (C=O) groups excluding carboxylic acids is 1. The Bertz CT molecular complexity index is 402. The summed E-state index contributed by atoms with van der Waals surface area (Å²) >= 11 is 0. The van der Waals surface area contributed by atoms with Gasteiger partial charge in [0.15, 0.2) is 0 Å². The lowest BCUT2D eigenvalue weighted by molar-refractivity contribution is -0.149. The normalized spacial score (nSPS) is 27.5. The molecule has 0 aliphatic carbocycles. The quantitative estimate of drug-likeness (QED) is 0.534. The van der Waals surface area contributed by atoms with Gasteiger partial charge in [-0.2, -0.15) is 0 Å². The van der Waals surface area contributed by atoms with E-state index in [4.69, 9.17) is 4.74 Å². The van der Waals surface area contributed by atoms with Crippen molar-refractivity contribution in [3.63, 3.8) is 0 Å². The van der Waals surface area contributed by atoms with Crippen molar-refractivity contribution >= 4 is 5.97 Å². The van der Waals surface area contributed by atoms with Crippen molar-refractivity contribution in [2.75, 3.05) is 0 Å². The first-order chi connectivity index (χ1) is 10.4. The van der Waals surface area contributed by atoms with Gasteiger partial charge >= 0.3 is 5.97 Å². The van der Waals surface area contributed by atoms with E-state index in [2.05, 4.69) is 0 Å². The maximum atomic E-state index is 11.4. The maximum Gasteiger partial charge on any atom is 0.330 e. The average molecular weight is 310 g/mol. The molecule has 4 nitrogen and oxygen atoms in total. The molecule has 0 amide bonds. The van der Waals surface area contributed by atoms with Crippen LogP contribution in [-0.4, -0.2) is 34.5 Å². The molecule has 0 saturated heterocycles. The maximum absolute atomic E-state index is 11.4. The lowest BCUT2D eigenvalue weighted by Gasteiger charge is -2.33. The summed E-state index contributed by atoms with van der Waals surface area (Å²) in [7, 11) is 0. The van der Waals surface area contributed by atoms with Crippen LogP contribution in [0.15, 0.2) is 24.3 Å². The van der Waals surface area contributed by atoms with Gasteiger partial charge in [0.1, 0.15) is 6.10 Å². The summed E-state index contributed by atoms with van der Waals surface area (Å²) < 4.78 is 5.34. The van der Waals surface area contributed by atoms with Gasteiger partial charge in [-0.3, -0.25) is 0 Å². The molecular formula is C18H30O4. The Morgan fingerprint density at radius 1 is 1.36 bits per heavy atom. The molecule has 0 aromatic rings. The predicted octanol–water partition coefficient (Wildman–Crippen LogP) is 2.84. The second-order valence-corrected chi connectivity index (χ2v) is 6.34. The van der Waals surface area contributed by atoms with Gasteiger partial charge in [0.25, 0.3) is 0 Å². The molecule has 6 atom stereocenters. The van der Waals surface area contributed by atoms with Crippen molar-refractivity contribution in [1.29, 1.82) is 0 Å². The Balaban J connectivity index is 2.60. The summed E-state index contributed by atoms with van der Waals surface area (Å²) in [6.07, 6.45) is 7.72. The first kappa shape index (κ1) is 18.9. The van der Waals surface area contributed by atoms with E-state index in [0.717, 1.165) is 12.8 Å². The van der Waals surface area contributed by atoms with Gasteiger partial charge in [-0.25, -0.2) is 4.79 Å². The van der Waals surface area contributed by atoms with E-state index < -0.39 is 12.2 Å². The number of carbonyl (C=O) groups is 1. The summed E-state index contributed by atoms with van der Waals surface area (Å²) in [6, 6.07) is 0. The van der Waals surface area contributed by atoms with Gasteiger partial charge in [-0.05, 0) is 25.7 Å². The highest BCUT2D eigenvalue weighted by Gasteiger charge is 2.32. The topological polar surface area (TPSA) is 66.8 Å². The minimum absolute atomic E-state index is 0.0802. The largest absolute Gasteiger partial charge is 0.458 e. The van der Waals surface area contributed by atoms with Crippen LogP contribution in [0, 0.1) is 17.8 Å². The standard InChI is InChI=1S/C18H30O4/c1-5-7-8-12(3)18(21)13(4)15(19)11-16-14(6-2)9-10-17(20)22-16/h5,7,9-10,12-16,18-19,21H,6,8,11H2,1-4H3/b7-5+/t12-,13-,14+,15?,16?,18?/m0/s1. The number of esters is 1.